The fraction of sp³-hybridized carbons (Fsp3) is 0.350. The topological polar surface area (TPSA) is 35.6 Å². The summed E-state index contributed by atoms with van der Waals surface area (Å²) in [6.45, 7) is 7.51. The van der Waals surface area contributed by atoms with Crippen LogP contribution < -0.4 is 10.2 Å². The van der Waals surface area contributed by atoms with Gasteiger partial charge in [0.25, 0.3) is 5.91 Å². The highest BCUT2D eigenvalue weighted by molar-refractivity contribution is 6.30. The molecule has 0 aliphatic carbocycles. The summed E-state index contributed by atoms with van der Waals surface area (Å²) in [5.41, 5.74) is 2.99. The molecule has 1 heterocycles. The van der Waals surface area contributed by atoms with E-state index >= 15 is 0 Å². The molecule has 4 nitrogen and oxygen atoms in total. The number of halogens is 1. The maximum absolute atomic E-state index is 12.2. The summed E-state index contributed by atoms with van der Waals surface area (Å²) in [6.07, 6.45) is 0. The second kappa shape index (κ2) is 8.37. The Bertz CT molecular complexity index is 709. The van der Waals surface area contributed by atoms with Crippen molar-refractivity contribution < 1.29 is 4.79 Å². The number of anilines is 1. The summed E-state index contributed by atoms with van der Waals surface area (Å²) in [6, 6.07) is 15.7. The molecule has 1 aliphatic heterocycles. The minimum absolute atomic E-state index is 0.0119. The molecule has 1 saturated heterocycles. The van der Waals surface area contributed by atoms with Crippen molar-refractivity contribution in [3.63, 3.8) is 0 Å². The lowest BCUT2D eigenvalue weighted by Crippen LogP contribution is -2.48. The fourth-order valence-corrected chi connectivity index (χ4v) is 3.26. The van der Waals surface area contributed by atoms with Gasteiger partial charge in [-0.2, -0.15) is 0 Å². The number of benzene rings is 2. The predicted molar refractivity (Wildman–Crippen MR) is 104 cm³/mol. The first kappa shape index (κ1) is 17.8. The first-order chi connectivity index (χ1) is 12.1. The molecule has 0 unspecified atom stereocenters. The lowest BCUT2D eigenvalue weighted by Gasteiger charge is -2.36. The lowest BCUT2D eigenvalue weighted by atomic mass is 10.1. The number of rotatable bonds is 5. The van der Waals surface area contributed by atoms with Crippen molar-refractivity contribution in [3.8, 4) is 0 Å². The van der Waals surface area contributed by atoms with Crippen LogP contribution in [-0.4, -0.2) is 50.1 Å². The number of nitrogens with zero attached hydrogens (tertiary/aromatic N) is 2. The zero-order valence-electron chi connectivity index (χ0n) is 14.5. The maximum atomic E-state index is 12.2. The van der Waals surface area contributed by atoms with Crippen molar-refractivity contribution in [1.82, 2.24) is 10.2 Å². The molecular formula is C20H24ClN3O. The Balaban J connectivity index is 1.41. The number of hydrogen-bond acceptors (Lipinski definition) is 3. The van der Waals surface area contributed by atoms with Crippen LogP contribution in [0.3, 0.4) is 0 Å². The standard InChI is InChI=1S/C20H24ClN3O/c1-16-4-2-3-5-19(16)20(25)22-10-11-23-12-14-24(15-13-23)18-8-6-17(21)7-9-18/h2-9H,10-15H2,1H3,(H,22,25). The third kappa shape index (κ3) is 4.74. The van der Waals surface area contributed by atoms with E-state index in [1.807, 2.05) is 43.3 Å². The quantitative estimate of drug-likeness (QED) is 0.892. The van der Waals surface area contributed by atoms with Gasteiger partial charge in [-0.25, -0.2) is 0 Å². The van der Waals surface area contributed by atoms with E-state index in [2.05, 4.69) is 27.2 Å². The van der Waals surface area contributed by atoms with Gasteiger partial charge >= 0.3 is 0 Å². The van der Waals surface area contributed by atoms with Crippen LogP contribution >= 0.6 is 11.6 Å². The van der Waals surface area contributed by atoms with E-state index < -0.39 is 0 Å². The van der Waals surface area contributed by atoms with E-state index in [4.69, 9.17) is 11.6 Å². The zero-order chi connectivity index (χ0) is 17.6. The third-order valence-corrected chi connectivity index (χ3v) is 4.92. The zero-order valence-corrected chi connectivity index (χ0v) is 15.3. The molecule has 1 aliphatic rings. The highest BCUT2D eigenvalue weighted by Gasteiger charge is 2.17. The second-order valence-corrected chi connectivity index (χ2v) is 6.81. The molecule has 1 N–H and O–H groups in total. The number of amides is 1. The molecule has 1 fully saturated rings. The SMILES string of the molecule is Cc1ccccc1C(=O)NCCN1CCN(c2ccc(Cl)cc2)CC1. The van der Waals surface area contributed by atoms with Gasteiger partial charge in [0.1, 0.15) is 0 Å². The summed E-state index contributed by atoms with van der Waals surface area (Å²) < 4.78 is 0. The Kier molecular flexibility index (Phi) is 5.95. The van der Waals surface area contributed by atoms with Crippen molar-refractivity contribution in [1.29, 1.82) is 0 Å². The van der Waals surface area contributed by atoms with Crippen LogP contribution in [0.1, 0.15) is 15.9 Å². The molecule has 2 aromatic rings. The summed E-state index contributed by atoms with van der Waals surface area (Å²) in [5.74, 6) is 0.0119. The van der Waals surface area contributed by atoms with E-state index in [0.29, 0.717) is 6.54 Å². The average Bonchev–Trinajstić information content (AvgIpc) is 2.63. The van der Waals surface area contributed by atoms with Crippen LogP contribution in [-0.2, 0) is 0 Å². The van der Waals surface area contributed by atoms with Gasteiger partial charge in [-0.15, -0.1) is 0 Å². The van der Waals surface area contributed by atoms with Crippen LogP contribution in [0, 0.1) is 6.92 Å². The van der Waals surface area contributed by atoms with Crippen LogP contribution in [0.25, 0.3) is 0 Å². The number of aryl methyl sites for hydroxylation is 1. The molecule has 3 rings (SSSR count). The smallest absolute Gasteiger partial charge is 0.251 e. The largest absolute Gasteiger partial charge is 0.369 e. The Morgan fingerprint density at radius 2 is 1.72 bits per heavy atom. The Hall–Kier alpha value is -2.04. The number of carbonyl (C=O) groups excluding carboxylic acids is 1. The van der Waals surface area contributed by atoms with Gasteiger partial charge < -0.3 is 10.2 Å². The van der Waals surface area contributed by atoms with Crippen LogP contribution in [0.5, 0.6) is 0 Å². The van der Waals surface area contributed by atoms with E-state index in [-0.39, 0.29) is 5.91 Å². The van der Waals surface area contributed by atoms with Crippen molar-refractivity contribution >= 4 is 23.2 Å². The maximum Gasteiger partial charge on any atom is 0.251 e. The van der Waals surface area contributed by atoms with Gasteiger partial charge in [0, 0.05) is 55.5 Å². The number of carbonyl (C=O) groups is 1. The normalized spacial score (nSPS) is 15.2. The molecule has 0 aromatic heterocycles. The second-order valence-electron chi connectivity index (χ2n) is 6.38. The lowest BCUT2D eigenvalue weighted by molar-refractivity contribution is 0.0947. The molecule has 25 heavy (non-hydrogen) atoms. The van der Waals surface area contributed by atoms with Gasteiger partial charge in [-0.3, -0.25) is 9.69 Å². The fourth-order valence-electron chi connectivity index (χ4n) is 3.13. The van der Waals surface area contributed by atoms with E-state index in [1.165, 1.54) is 5.69 Å². The van der Waals surface area contributed by atoms with Gasteiger partial charge in [-0.1, -0.05) is 29.8 Å². The van der Waals surface area contributed by atoms with Crippen molar-refractivity contribution in [3.05, 3.63) is 64.7 Å². The molecule has 5 heteroatoms. The minimum Gasteiger partial charge on any atom is -0.369 e. The monoisotopic (exact) mass is 357 g/mol. The van der Waals surface area contributed by atoms with E-state index in [0.717, 1.165) is 48.9 Å². The molecular weight excluding hydrogens is 334 g/mol. The van der Waals surface area contributed by atoms with E-state index in [1.54, 1.807) is 0 Å². The molecule has 0 radical (unpaired) electrons. The molecule has 0 bridgehead atoms. The Labute approximate surface area is 154 Å². The number of hydrogen-bond donors (Lipinski definition) is 1. The summed E-state index contributed by atoms with van der Waals surface area (Å²) in [7, 11) is 0. The van der Waals surface area contributed by atoms with E-state index in [9.17, 15) is 4.79 Å². The van der Waals surface area contributed by atoms with Crippen molar-refractivity contribution in [2.75, 3.05) is 44.2 Å². The van der Waals surface area contributed by atoms with Crippen LogP contribution in [0.4, 0.5) is 5.69 Å². The average molecular weight is 358 g/mol. The van der Waals surface area contributed by atoms with Crippen LogP contribution in [0.2, 0.25) is 5.02 Å². The van der Waals surface area contributed by atoms with Crippen molar-refractivity contribution in [2.24, 2.45) is 0 Å². The van der Waals surface area contributed by atoms with Gasteiger partial charge in [0.2, 0.25) is 0 Å². The highest BCUT2D eigenvalue weighted by Crippen LogP contribution is 2.19. The molecule has 0 saturated carbocycles. The molecule has 0 atom stereocenters. The molecule has 1 amide bonds. The molecule has 0 spiro atoms. The first-order valence-electron chi connectivity index (χ1n) is 8.70. The highest BCUT2D eigenvalue weighted by atomic mass is 35.5. The van der Waals surface area contributed by atoms with Gasteiger partial charge in [0.05, 0.1) is 0 Å². The number of piperazine rings is 1. The summed E-state index contributed by atoms with van der Waals surface area (Å²) >= 11 is 5.95. The number of nitrogens with one attached hydrogen (secondary N) is 1. The first-order valence-corrected chi connectivity index (χ1v) is 9.08. The Morgan fingerprint density at radius 1 is 1.04 bits per heavy atom. The molecule has 132 valence electrons. The summed E-state index contributed by atoms with van der Waals surface area (Å²) in [5, 5.41) is 3.80. The molecule has 2 aromatic carbocycles. The van der Waals surface area contributed by atoms with Crippen LogP contribution in [0.15, 0.2) is 48.5 Å². The summed E-state index contributed by atoms with van der Waals surface area (Å²) in [4.78, 5) is 17.0. The Morgan fingerprint density at radius 3 is 2.40 bits per heavy atom. The minimum atomic E-state index is 0.0119. The predicted octanol–water partition coefficient (Wildman–Crippen LogP) is 3.20. The van der Waals surface area contributed by atoms with Gasteiger partial charge in [-0.05, 0) is 42.8 Å². The van der Waals surface area contributed by atoms with Crippen molar-refractivity contribution in [2.45, 2.75) is 6.92 Å². The third-order valence-electron chi connectivity index (χ3n) is 4.67. The van der Waals surface area contributed by atoms with Gasteiger partial charge in [0.15, 0.2) is 0 Å².